The summed E-state index contributed by atoms with van der Waals surface area (Å²) in [5.74, 6) is 1.85. The maximum Gasteiger partial charge on any atom is 0.0468 e. The second-order valence-electron chi connectivity index (χ2n) is 3.34. The molecule has 1 heteroatoms. The molecule has 10 heavy (non-hydrogen) atoms. The van der Waals surface area contributed by atoms with Gasteiger partial charge in [-0.25, -0.2) is 0 Å². The van der Waals surface area contributed by atoms with Gasteiger partial charge in [-0.05, 0) is 24.7 Å². The van der Waals surface area contributed by atoms with E-state index < -0.39 is 0 Å². The number of hydrogen-bond donors (Lipinski definition) is 0. The lowest BCUT2D eigenvalue weighted by molar-refractivity contribution is 0.0489. The van der Waals surface area contributed by atoms with Crippen molar-refractivity contribution in [3.63, 3.8) is 0 Å². The number of hydrogen-bond acceptors (Lipinski definition) is 1. The van der Waals surface area contributed by atoms with Gasteiger partial charge < -0.3 is 4.74 Å². The molecule has 1 atom stereocenters. The van der Waals surface area contributed by atoms with Gasteiger partial charge in [0.1, 0.15) is 0 Å². The molecule has 1 rings (SSSR count). The molecule has 1 heterocycles. The normalized spacial score (nSPS) is 24.6. The van der Waals surface area contributed by atoms with Crippen LogP contribution in [0.2, 0.25) is 0 Å². The van der Waals surface area contributed by atoms with Crippen molar-refractivity contribution in [1.29, 1.82) is 0 Å². The highest BCUT2D eigenvalue weighted by molar-refractivity contribution is 4.68. The molecule has 0 radical (unpaired) electrons. The minimum atomic E-state index is 0.906. The topological polar surface area (TPSA) is 9.23 Å². The lowest BCUT2D eigenvalue weighted by atomic mass is 9.86. The van der Waals surface area contributed by atoms with Crippen LogP contribution >= 0.6 is 0 Å². The van der Waals surface area contributed by atoms with E-state index in [2.05, 4.69) is 13.8 Å². The largest absolute Gasteiger partial charge is 0.381 e. The lowest BCUT2D eigenvalue weighted by Crippen LogP contribution is -2.21. The van der Waals surface area contributed by atoms with Crippen LogP contribution in [-0.4, -0.2) is 13.2 Å². The van der Waals surface area contributed by atoms with Crippen molar-refractivity contribution in [2.24, 2.45) is 11.8 Å². The average Bonchev–Trinajstić information content (AvgIpc) is 2.05. The summed E-state index contributed by atoms with van der Waals surface area (Å²) in [5.41, 5.74) is 0. The zero-order valence-electron chi connectivity index (χ0n) is 7.10. The molecule has 1 aliphatic heterocycles. The van der Waals surface area contributed by atoms with Crippen LogP contribution in [0.5, 0.6) is 0 Å². The summed E-state index contributed by atoms with van der Waals surface area (Å²) < 4.78 is 5.29. The highest BCUT2D eigenvalue weighted by Gasteiger charge is 2.18. The Morgan fingerprint density at radius 2 is 2.00 bits per heavy atom. The molecule has 1 aliphatic rings. The molecule has 0 spiro atoms. The van der Waals surface area contributed by atoms with E-state index in [1.54, 1.807) is 0 Å². The zero-order valence-corrected chi connectivity index (χ0v) is 7.10. The second kappa shape index (κ2) is 3.97. The summed E-state index contributed by atoms with van der Waals surface area (Å²) >= 11 is 0. The Hall–Kier alpha value is -0.0400. The first-order chi connectivity index (χ1) is 4.84. The molecule has 0 amide bonds. The Bertz CT molecular complexity index is 84.7. The Labute approximate surface area is 63.8 Å². The van der Waals surface area contributed by atoms with Crippen molar-refractivity contribution >= 4 is 0 Å². The summed E-state index contributed by atoms with van der Waals surface area (Å²) in [6.45, 7) is 6.63. The van der Waals surface area contributed by atoms with Crippen LogP contribution in [0.1, 0.15) is 33.1 Å². The van der Waals surface area contributed by atoms with Crippen LogP contribution in [0.4, 0.5) is 0 Å². The van der Waals surface area contributed by atoms with Gasteiger partial charge in [-0.3, -0.25) is 0 Å². The van der Waals surface area contributed by atoms with Crippen LogP contribution in [0, 0.1) is 11.8 Å². The summed E-state index contributed by atoms with van der Waals surface area (Å²) in [6, 6.07) is 0. The molecular formula is C9H18O. The molecule has 0 aromatic heterocycles. The van der Waals surface area contributed by atoms with E-state index in [9.17, 15) is 0 Å². The molecule has 0 saturated carbocycles. The van der Waals surface area contributed by atoms with E-state index in [1.807, 2.05) is 0 Å². The van der Waals surface area contributed by atoms with E-state index >= 15 is 0 Å². The van der Waals surface area contributed by atoms with Gasteiger partial charge in [0.15, 0.2) is 0 Å². The maximum absolute atomic E-state index is 5.29. The van der Waals surface area contributed by atoms with Gasteiger partial charge in [0.25, 0.3) is 0 Å². The van der Waals surface area contributed by atoms with Crippen LogP contribution in [0.3, 0.4) is 0 Å². The van der Waals surface area contributed by atoms with Gasteiger partial charge in [-0.2, -0.15) is 0 Å². The van der Waals surface area contributed by atoms with Crippen LogP contribution in [0.25, 0.3) is 0 Å². The fourth-order valence-corrected chi connectivity index (χ4v) is 1.62. The third kappa shape index (κ3) is 1.98. The molecule has 0 bridgehead atoms. The predicted octanol–water partition coefficient (Wildman–Crippen LogP) is 2.46. The molecular weight excluding hydrogens is 124 g/mol. The first kappa shape index (κ1) is 8.06. The van der Waals surface area contributed by atoms with Gasteiger partial charge in [-0.1, -0.05) is 20.3 Å². The van der Waals surface area contributed by atoms with E-state index in [4.69, 9.17) is 4.74 Å². The van der Waals surface area contributed by atoms with Crippen LogP contribution in [0.15, 0.2) is 0 Å². The molecule has 1 nitrogen and oxygen atoms in total. The average molecular weight is 142 g/mol. The summed E-state index contributed by atoms with van der Waals surface area (Å²) in [5, 5.41) is 0. The molecule has 60 valence electrons. The standard InChI is InChI=1S/C9H18O/c1-3-8(2)9-4-6-10-7-5-9/h8-9H,3-7H2,1-2H3. The summed E-state index contributed by atoms with van der Waals surface area (Å²) in [7, 11) is 0. The van der Waals surface area contributed by atoms with E-state index in [0.717, 1.165) is 25.0 Å². The summed E-state index contributed by atoms with van der Waals surface area (Å²) in [4.78, 5) is 0. The fraction of sp³-hybridized carbons (Fsp3) is 1.00. The van der Waals surface area contributed by atoms with Crippen LogP contribution in [-0.2, 0) is 4.74 Å². The molecule has 0 aromatic carbocycles. The first-order valence-corrected chi connectivity index (χ1v) is 4.42. The second-order valence-corrected chi connectivity index (χ2v) is 3.34. The zero-order chi connectivity index (χ0) is 7.40. The highest BCUT2D eigenvalue weighted by Crippen LogP contribution is 2.25. The molecule has 0 N–H and O–H groups in total. The minimum absolute atomic E-state index is 0.906. The van der Waals surface area contributed by atoms with Crippen LogP contribution < -0.4 is 0 Å². The Morgan fingerprint density at radius 3 is 2.50 bits per heavy atom. The minimum Gasteiger partial charge on any atom is -0.381 e. The highest BCUT2D eigenvalue weighted by atomic mass is 16.5. The van der Waals surface area contributed by atoms with Gasteiger partial charge in [0.2, 0.25) is 0 Å². The molecule has 1 fully saturated rings. The van der Waals surface area contributed by atoms with Gasteiger partial charge in [0, 0.05) is 13.2 Å². The quantitative estimate of drug-likeness (QED) is 0.575. The Morgan fingerprint density at radius 1 is 1.40 bits per heavy atom. The van der Waals surface area contributed by atoms with E-state index in [-0.39, 0.29) is 0 Å². The monoisotopic (exact) mass is 142 g/mol. The summed E-state index contributed by atoms with van der Waals surface area (Å²) in [6.07, 6.45) is 3.90. The molecule has 0 aliphatic carbocycles. The van der Waals surface area contributed by atoms with Crippen molar-refractivity contribution in [2.75, 3.05) is 13.2 Å². The smallest absolute Gasteiger partial charge is 0.0468 e. The third-order valence-corrected chi connectivity index (χ3v) is 2.71. The maximum atomic E-state index is 5.29. The van der Waals surface area contributed by atoms with Gasteiger partial charge >= 0.3 is 0 Å². The van der Waals surface area contributed by atoms with Crippen molar-refractivity contribution in [2.45, 2.75) is 33.1 Å². The lowest BCUT2D eigenvalue weighted by Gasteiger charge is -2.26. The van der Waals surface area contributed by atoms with E-state index in [0.29, 0.717) is 0 Å². The van der Waals surface area contributed by atoms with Gasteiger partial charge in [-0.15, -0.1) is 0 Å². The van der Waals surface area contributed by atoms with Crippen molar-refractivity contribution in [3.05, 3.63) is 0 Å². The number of ether oxygens (including phenoxy) is 1. The Balaban J connectivity index is 2.24. The third-order valence-electron chi connectivity index (χ3n) is 2.71. The predicted molar refractivity (Wildman–Crippen MR) is 43.0 cm³/mol. The SMILES string of the molecule is CCC(C)C1CCOCC1. The molecule has 1 saturated heterocycles. The van der Waals surface area contributed by atoms with E-state index in [1.165, 1.54) is 19.3 Å². The van der Waals surface area contributed by atoms with Crippen molar-refractivity contribution in [3.8, 4) is 0 Å². The van der Waals surface area contributed by atoms with Gasteiger partial charge in [0.05, 0.1) is 0 Å². The van der Waals surface area contributed by atoms with Crippen molar-refractivity contribution in [1.82, 2.24) is 0 Å². The molecule has 0 aromatic rings. The Kier molecular flexibility index (Phi) is 3.20. The molecule has 1 unspecified atom stereocenters. The van der Waals surface area contributed by atoms with Crippen molar-refractivity contribution < 1.29 is 4.74 Å². The fourth-order valence-electron chi connectivity index (χ4n) is 1.62. The first-order valence-electron chi connectivity index (χ1n) is 4.42. The number of rotatable bonds is 2.